The SMILES string of the molecule is CCCCCCCCc1ccc([Si](C)(Cl)Cl)cc1. The first kappa shape index (κ1) is 16.1. The summed E-state index contributed by atoms with van der Waals surface area (Å²) in [4.78, 5) is 0. The second kappa shape index (κ2) is 8.24. The molecule has 0 aliphatic carbocycles. The third-order valence-electron chi connectivity index (χ3n) is 3.28. The minimum absolute atomic E-state index is 1.11. The van der Waals surface area contributed by atoms with E-state index in [1.54, 1.807) is 0 Å². The molecule has 0 spiro atoms. The van der Waals surface area contributed by atoms with Crippen LogP contribution in [0, 0.1) is 0 Å². The van der Waals surface area contributed by atoms with E-state index in [9.17, 15) is 0 Å². The molecule has 0 heterocycles. The van der Waals surface area contributed by atoms with Crippen LogP contribution in [-0.4, -0.2) is 6.69 Å². The molecule has 0 atom stereocenters. The standard InChI is InChI=1S/C15H24Cl2Si/c1-3-4-5-6-7-8-9-14-10-12-15(13-11-14)18(2,16)17/h10-13H,3-9H2,1-2H3. The zero-order chi connectivity index (χ0) is 13.4. The molecule has 0 aliphatic heterocycles. The lowest BCUT2D eigenvalue weighted by molar-refractivity contribution is 0.607. The Morgan fingerprint density at radius 1 is 0.889 bits per heavy atom. The number of halogens is 2. The van der Waals surface area contributed by atoms with Crippen molar-refractivity contribution in [3.63, 3.8) is 0 Å². The quantitative estimate of drug-likeness (QED) is 0.345. The molecule has 3 heteroatoms. The van der Waals surface area contributed by atoms with Gasteiger partial charge in [-0.2, -0.15) is 0 Å². The fraction of sp³-hybridized carbons (Fsp3) is 0.600. The van der Waals surface area contributed by atoms with Gasteiger partial charge in [-0.25, -0.2) is 0 Å². The Labute approximate surface area is 122 Å². The summed E-state index contributed by atoms with van der Waals surface area (Å²) in [5.74, 6) is 0. The Morgan fingerprint density at radius 2 is 1.44 bits per heavy atom. The van der Waals surface area contributed by atoms with E-state index in [-0.39, 0.29) is 0 Å². The van der Waals surface area contributed by atoms with Crippen molar-refractivity contribution in [3.8, 4) is 0 Å². The van der Waals surface area contributed by atoms with Crippen molar-refractivity contribution in [2.45, 2.75) is 58.4 Å². The van der Waals surface area contributed by atoms with Crippen molar-refractivity contribution in [2.24, 2.45) is 0 Å². The molecule has 1 rings (SSSR count). The van der Waals surface area contributed by atoms with Crippen molar-refractivity contribution in [2.75, 3.05) is 0 Å². The Balaban J connectivity index is 2.27. The highest BCUT2D eigenvalue weighted by Gasteiger charge is 2.23. The molecule has 0 aromatic heterocycles. The Morgan fingerprint density at radius 3 is 2.00 bits per heavy atom. The maximum atomic E-state index is 6.19. The normalized spacial score (nSPS) is 11.8. The van der Waals surface area contributed by atoms with Crippen LogP contribution in [0.5, 0.6) is 0 Å². The molecule has 18 heavy (non-hydrogen) atoms. The predicted octanol–water partition coefficient (Wildman–Crippen LogP) is 5.35. The first-order chi connectivity index (χ1) is 8.54. The van der Waals surface area contributed by atoms with Gasteiger partial charge in [0.15, 0.2) is 0 Å². The van der Waals surface area contributed by atoms with E-state index in [2.05, 4.69) is 31.2 Å². The molecule has 0 radical (unpaired) electrons. The lowest BCUT2D eigenvalue weighted by Gasteiger charge is -2.11. The van der Waals surface area contributed by atoms with Crippen LogP contribution in [0.1, 0.15) is 51.0 Å². The molecule has 0 aliphatic rings. The molecule has 102 valence electrons. The Bertz CT molecular complexity index is 327. The smallest absolute Gasteiger partial charge is 0.140 e. The van der Waals surface area contributed by atoms with Crippen molar-refractivity contribution < 1.29 is 0 Å². The van der Waals surface area contributed by atoms with Crippen LogP contribution in [0.2, 0.25) is 6.55 Å². The lowest BCUT2D eigenvalue weighted by Crippen LogP contribution is -2.32. The first-order valence-corrected chi connectivity index (χ1v) is 11.5. The van der Waals surface area contributed by atoms with Gasteiger partial charge in [0.05, 0.1) is 0 Å². The number of aryl methyl sites for hydroxylation is 1. The van der Waals surface area contributed by atoms with Gasteiger partial charge in [0.2, 0.25) is 0 Å². The summed E-state index contributed by atoms with van der Waals surface area (Å²) in [6.45, 7) is 2.03. The molecule has 0 saturated carbocycles. The van der Waals surface area contributed by atoms with Gasteiger partial charge in [0.1, 0.15) is 0 Å². The third kappa shape index (κ3) is 6.26. The van der Waals surface area contributed by atoms with Gasteiger partial charge in [-0.3, -0.25) is 0 Å². The molecule has 0 unspecified atom stereocenters. The molecule has 0 bridgehead atoms. The minimum Gasteiger partial charge on any atom is -0.140 e. The van der Waals surface area contributed by atoms with E-state index >= 15 is 0 Å². The number of unbranched alkanes of at least 4 members (excludes halogenated alkanes) is 5. The molecule has 0 saturated heterocycles. The molecule has 1 aromatic carbocycles. The minimum atomic E-state index is -2.16. The molecule has 0 nitrogen and oxygen atoms in total. The van der Waals surface area contributed by atoms with Crippen LogP contribution in [0.25, 0.3) is 0 Å². The van der Waals surface area contributed by atoms with Gasteiger partial charge in [0, 0.05) is 0 Å². The van der Waals surface area contributed by atoms with E-state index in [4.69, 9.17) is 22.2 Å². The first-order valence-electron chi connectivity index (χ1n) is 7.01. The largest absolute Gasteiger partial charge is 0.277 e. The van der Waals surface area contributed by atoms with Gasteiger partial charge in [-0.05, 0) is 30.1 Å². The molecular weight excluding hydrogens is 279 g/mol. The monoisotopic (exact) mass is 302 g/mol. The number of hydrogen-bond donors (Lipinski definition) is 0. The summed E-state index contributed by atoms with van der Waals surface area (Å²) in [6, 6.07) is 8.55. The fourth-order valence-corrected chi connectivity index (χ4v) is 3.58. The number of benzene rings is 1. The van der Waals surface area contributed by atoms with Gasteiger partial charge in [0.25, 0.3) is 6.69 Å². The molecule has 0 N–H and O–H groups in total. The Kier molecular flexibility index (Phi) is 7.36. The number of rotatable bonds is 8. The molecule has 0 fully saturated rings. The summed E-state index contributed by atoms with van der Waals surface area (Å²) in [5, 5.41) is 1.11. The van der Waals surface area contributed by atoms with E-state index in [0.29, 0.717) is 0 Å². The van der Waals surface area contributed by atoms with E-state index < -0.39 is 6.69 Å². The van der Waals surface area contributed by atoms with Crippen molar-refractivity contribution in [3.05, 3.63) is 29.8 Å². The fourth-order valence-electron chi connectivity index (χ4n) is 2.07. The average Bonchev–Trinajstić information content (AvgIpc) is 2.33. The summed E-state index contributed by atoms with van der Waals surface area (Å²) < 4.78 is 0. The molecule has 1 aromatic rings. The van der Waals surface area contributed by atoms with Crippen molar-refractivity contribution in [1.82, 2.24) is 0 Å². The lowest BCUT2D eigenvalue weighted by atomic mass is 10.1. The summed E-state index contributed by atoms with van der Waals surface area (Å²) in [7, 11) is 0. The summed E-state index contributed by atoms with van der Waals surface area (Å²) >= 11 is 12.4. The second-order valence-electron chi connectivity index (χ2n) is 5.10. The third-order valence-corrected chi connectivity index (χ3v) is 5.94. The van der Waals surface area contributed by atoms with Crippen LogP contribution in [0.3, 0.4) is 0 Å². The van der Waals surface area contributed by atoms with Gasteiger partial charge in [-0.1, -0.05) is 63.3 Å². The second-order valence-corrected chi connectivity index (χ2v) is 12.6. The maximum absolute atomic E-state index is 6.19. The van der Waals surface area contributed by atoms with Gasteiger partial charge >= 0.3 is 0 Å². The van der Waals surface area contributed by atoms with Gasteiger partial charge < -0.3 is 0 Å². The topological polar surface area (TPSA) is 0 Å². The Hall–Kier alpha value is 0.0169. The average molecular weight is 303 g/mol. The highest BCUT2D eigenvalue weighted by molar-refractivity contribution is 7.50. The predicted molar refractivity (Wildman–Crippen MR) is 86.5 cm³/mol. The summed E-state index contributed by atoms with van der Waals surface area (Å²) in [5.41, 5.74) is 1.40. The van der Waals surface area contributed by atoms with Crippen molar-refractivity contribution >= 4 is 34.0 Å². The van der Waals surface area contributed by atoms with Gasteiger partial charge in [-0.15, -0.1) is 22.2 Å². The van der Waals surface area contributed by atoms with Crippen LogP contribution < -0.4 is 5.19 Å². The zero-order valence-electron chi connectivity index (χ0n) is 11.5. The van der Waals surface area contributed by atoms with E-state index in [1.165, 1.54) is 50.5 Å². The van der Waals surface area contributed by atoms with E-state index in [1.807, 2.05) is 6.55 Å². The molecular formula is C15H24Cl2Si. The highest BCUT2D eigenvalue weighted by atomic mass is 35.7. The van der Waals surface area contributed by atoms with Crippen LogP contribution in [0.15, 0.2) is 24.3 Å². The summed E-state index contributed by atoms with van der Waals surface area (Å²) in [6.07, 6.45) is 9.27. The maximum Gasteiger partial charge on any atom is 0.277 e. The van der Waals surface area contributed by atoms with Crippen LogP contribution in [0.4, 0.5) is 0 Å². The van der Waals surface area contributed by atoms with Crippen LogP contribution in [-0.2, 0) is 6.42 Å². The van der Waals surface area contributed by atoms with E-state index in [0.717, 1.165) is 5.19 Å². The zero-order valence-corrected chi connectivity index (χ0v) is 14.0. The molecule has 0 amide bonds. The van der Waals surface area contributed by atoms with Crippen molar-refractivity contribution in [1.29, 1.82) is 0 Å². The highest BCUT2D eigenvalue weighted by Crippen LogP contribution is 2.15. The van der Waals surface area contributed by atoms with Crippen LogP contribution >= 0.6 is 22.2 Å². The number of hydrogen-bond acceptors (Lipinski definition) is 0.